The molecule has 110 valence electrons. The zero-order valence-electron chi connectivity index (χ0n) is 11.6. The lowest BCUT2D eigenvalue weighted by atomic mass is 10.3. The molecule has 0 unspecified atom stereocenters. The van der Waals surface area contributed by atoms with Gasteiger partial charge in [0.25, 0.3) is 0 Å². The van der Waals surface area contributed by atoms with E-state index in [9.17, 15) is 4.79 Å². The minimum absolute atomic E-state index is 0.0546. The summed E-state index contributed by atoms with van der Waals surface area (Å²) in [6.45, 7) is 0. The van der Waals surface area contributed by atoms with E-state index in [0.29, 0.717) is 6.42 Å². The fourth-order valence-electron chi connectivity index (χ4n) is 1.78. The first kappa shape index (κ1) is 16.5. The first-order valence-electron chi connectivity index (χ1n) is 6.50. The van der Waals surface area contributed by atoms with E-state index in [4.69, 9.17) is 0 Å². The molecule has 0 saturated carbocycles. The summed E-state index contributed by atoms with van der Waals surface area (Å²) in [5.74, 6) is 0.822. The molecule has 2 aromatic rings. The molecule has 0 aliphatic carbocycles. The molecule has 2 nitrogen and oxygen atoms in total. The first-order chi connectivity index (χ1) is 10.2. The normalized spacial score (nSPS) is 10.4. The molecule has 0 aliphatic rings. The van der Waals surface area contributed by atoms with Crippen LogP contribution in [0.1, 0.15) is 6.42 Å². The second-order valence-corrected chi connectivity index (χ2v) is 7.24. The van der Waals surface area contributed by atoms with Crippen molar-refractivity contribution >= 4 is 51.0 Å². The number of nitrogens with one attached hydrogen (secondary N) is 1. The molecule has 0 atom stereocenters. The van der Waals surface area contributed by atoms with Crippen molar-refractivity contribution < 1.29 is 4.79 Å². The molecule has 1 amide bonds. The van der Waals surface area contributed by atoms with Gasteiger partial charge >= 0.3 is 0 Å². The van der Waals surface area contributed by atoms with Gasteiger partial charge in [-0.1, -0.05) is 34.1 Å². The highest BCUT2D eigenvalue weighted by molar-refractivity contribution is 9.10. The summed E-state index contributed by atoms with van der Waals surface area (Å²) >= 11 is 6.77. The van der Waals surface area contributed by atoms with Crippen LogP contribution in [0, 0.1) is 0 Å². The van der Waals surface area contributed by atoms with Crippen molar-refractivity contribution in [1.29, 1.82) is 0 Å². The first-order valence-corrected chi connectivity index (χ1v) is 9.50. The highest BCUT2D eigenvalue weighted by Crippen LogP contribution is 2.25. The Hall–Kier alpha value is -0.910. The van der Waals surface area contributed by atoms with Crippen LogP contribution in [0.5, 0.6) is 0 Å². The van der Waals surface area contributed by atoms with Crippen LogP contribution < -0.4 is 5.32 Å². The zero-order chi connectivity index (χ0) is 15.1. The summed E-state index contributed by atoms with van der Waals surface area (Å²) in [5.41, 5.74) is 0.891. The van der Waals surface area contributed by atoms with Crippen LogP contribution in [0.15, 0.2) is 62.8 Å². The Morgan fingerprint density at radius 2 is 2.00 bits per heavy atom. The Kier molecular flexibility index (Phi) is 6.67. The standard InChI is InChI=1S/C16H16BrNOS2/c1-20-15-8-3-2-7-14(15)18-16(19)9-10-21-13-6-4-5-12(17)11-13/h2-8,11H,9-10H2,1H3,(H,18,19). The second-order valence-electron chi connectivity index (χ2n) is 4.30. The maximum atomic E-state index is 12.0. The number of thioether (sulfide) groups is 2. The minimum atomic E-state index is 0.0546. The summed E-state index contributed by atoms with van der Waals surface area (Å²) in [7, 11) is 0. The average Bonchev–Trinajstić information content (AvgIpc) is 2.48. The number of hydrogen-bond donors (Lipinski definition) is 1. The Morgan fingerprint density at radius 1 is 1.19 bits per heavy atom. The lowest BCUT2D eigenvalue weighted by molar-refractivity contribution is -0.115. The number of anilines is 1. The summed E-state index contributed by atoms with van der Waals surface area (Å²) in [5, 5.41) is 2.98. The fraction of sp³-hybridized carbons (Fsp3) is 0.188. The quantitative estimate of drug-likeness (QED) is 0.688. The van der Waals surface area contributed by atoms with E-state index in [2.05, 4.69) is 33.4 Å². The molecule has 0 fully saturated rings. The molecule has 0 bridgehead atoms. The number of halogens is 1. The number of amides is 1. The summed E-state index contributed by atoms with van der Waals surface area (Å²) < 4.78 is 1.06. The van der Waals surface area contributed by atoms with E-state index in [-0.39, 0.29) is 5.91 Å². The summed E-state index contributed by atoms with van der Waals surface area (Å²) in [6, 6.07) is 16.0. The van der Waals surface area contributed by atoms with Gasteiger partial charge in [0, 0.05) is 26.4 Å². The molecule has 0 heterocycles. The Morgan fingerprint density at radius 3 is 2.76 bits per heavy atom. The molecule has 21 heavy (non-hydrogen) atoms. The maximum absolute atomic E-state index is 12.0. The molecule has 0 aromatic heterocycles. The molecule has 2 rings (SSSR count). The van der Waals surface area contributed by atoms with Gasteiger partial charge in [-0.2, -0.15) is 0 Å². The minimum Gasteiger partial charge on any atom is -0.325 e. The Labute approximate surface area is 142 Å². The van der Waals surface area contributed by atoms with Gasteiger partial charge in [0.05, 0.1) is 5.69 Å². The van der Waals surface area contributed by atoms with Crippen LogP contribution in [0.25, 0.3) is 0 Å². The highest BCUT2D eigenvalue weighted by Gasteiger charge is 2.06. The molecule has 1 N–H and O–H groups in total. The molecule has 0 saturated heterocycles. The molecule has 5 heteroatoms. The predicted octanol–water partition coefficient (Wildman–Crippen LogP) is 5.29. The van der Waals surface area contributed by atoms with Crippen LogP contribution in [0.3, 0.4) is 0 Å². The van der Waals surface area contributed by atoms with Crippen molar-refractivity contribution in [2.45, 2.75) is 16.2 Å². The Bertz CT molecular complexity index is 619. The second kappa shape index (κ2) is 8.51. The van der Waals surface area contributed by atoms with Crippen molar-refractivity contribution in [2.24, 2.45) is 0 Å². The monoisotopic (exact) mass is 381 g/mol. The number of carbonyl (C=O) groups excluding carboxylic acids is 1. The van der Waals surface area contributed by atoms with Crippen molar-refractivity contribution in [3.05, 3.63) is 53.0 Å². The van der Waals surface area contributed by atoms with Crippen molar-refractivity contribution in [2.75, 3.05) is 17.3 Å². The number of benzene rings is 2. The van der Waals surface area contributed by atoms with E-state index in [1.54, 1.807) is 23.5 Å². The number of rotatable bonds is 6. The van der Waals surface area contributed by atoms with E-state index in [1.165, 1.54) is 4.90 Å². The lowest BCUT2D eigenvalue weighted by Gasteiger charge is -2.09. The third kappa shape index (κ3) is 5.41. The van der Waals surface area contributed by atoms with Crippen molar-refractivity contribution in [3.8, 4) is 0 Å². The van der Waals surface area contributed by atoms with E-state index in [0.717, 1.165) is 20.8 Å². The van der Waals surface area contributed by atoms with Crippen molar-refractivity contribution in [1.82, 2.24) is 0 Å². The molecular weight excluding hydrogens is 366 g/mol. The third-order valence-corrected chi connectivity index (χ3v) is 5.06. The van der Waals surface area contributed by atoms with E-state index in [1.807, 2.05) is 42.7 Å². The van der Waals surface area contributed by atoms with Gasteiger partial charge in [0.15, 0.2) is 0 Å². The van der Waals surface area contributed by atoms with Crippen LogP contribution in [-0.2, 0) is 4.79 Å². The summed E-state index contributed by atoms with van der Waals surface area (Å²) in [6.07, 6.45) is 2.51. The molecule has 0 radical (unpaired) electrons. The summed E-state index contributed by atoms with van der Waals surface area (Å²) in [4.78, 5) is 14.3. The number of carbonyl (C=O) groups is 1. The largest absolute Gasteiger partial charge is 0.325 e. The van der Waals surface area contributed by atoms with Gasteiger partial charge in [0.2, 0.25) is 5.91 Å². The average molecular weight is 382 g/mol. The van der Waals surface area contributed by atoms with Gasteiger partial charge < -0.3 is 5.32 Å². The smallest absolute Gasteiger partial charge is 0.225 e. The van der Waals surface area contributed by atoms with Crippen molar-refractivity contribution in [3.63, 3.8) is 0 Å². The topological polar surface area (TPSA) is 29.1 Å². The van der Waals surface area contributed by atoms with Crippen LogP contribution in [0.2, 0.25) is 0 Å². The lowest BCUT2D eigenvalue weighted by Crippen LogP contribution is -2.12. The third-order valence-electron chi connectivity index (χ3n) is 2.77. The predicted molar refractivity (Wildman–Crippen MR) is 96.3 cm³/mol. The van der Waals surface area contributed by atoms with Gasteiger partial charge in [-0.15, -0.1) is 23.5 Å². The van der Waals surface area contributed by atoms with E-state index >= 15 is 0 Å². The van der Waals surface area contributed by atoms with Gasteiger partial charge in [-0.3, -0.25) is 4.79 Å². The molecule has 0 spiro atoms. The SMILES string of the molecule is CSc1ccccc1NC(=O)CCSc1cccc(Br)c1. The number of para-hydroxylation sites is 1. The molecule has 0 aliphatic heterocycles. The van der Waals surface area contributed by atoms with Crippen LogP contribution >= 0.6 is 39.5 Å². The van der Waals surface area contributed by atoms with Gasteiger partial charge in [0.1, 0.15) is 0 Å². The molecular formula is C16H16BrNOS2. The van der Waals surface area contributed by atoms with E-state index < -0.39 is 0 Å². The maximum Gasteiger partial charge on any atom is 0.225 e. The van der Waals surface area contributed by atoms with Gasteiger partial charge in [-0.05, 0) is 36.6 Å². The molecule has 2 aromatic carbocycles. The van der Waals surface area contributed by atoms with Crippen LogP contribution in [-0.4, -0.2) is 17.9 Å². The number of hydrogen-bond acceptors (Lipinski definition) is 3. The highest BCUT2D eigenvalue weighted by atomic mass is 79.9. The van der Waals surface area contributed by atoms with Crippen LogP contribution in [0.4, 0.5) is 5.69 Å². The fourth-order valence-corrected chi connectivity index (χ4v) is 3.79. The Balaban J connectivity index is 1.82. The van der Waals surface area contributed by atoms with Gasteiger partial charge in [-0.25, -0.2) is 0 Å². The zero-order valence-corrected chi connectivity index (χ0v) is 14.9.